The highest BCUT2D eigenvalue weighted by Crippen LogP contribution is 2.16. The summed E-state index contributed by atoms with van der Waals surface area (Å²) in [7, 11) is 1.25. The molecular formula is C38H47F3N4O9. The number of halogens is 3. The Morgan fingerprint density at radius 2 is 1.24 bits per heavy atom. The van der Waals surface area contributed by atoms with Gasteiger partial charge < -0.3 is 41.0 Å². The Labute approximate surface area is 311 Å². The lowest BCUT2D eigenvalue weighted by Gasteiger charge is -2.24. The number of methoxy groups -OCH3 is 1. The van der Waals surface area contributed by atoms with E-state index in [1.54, 1.807) is 24.3 Å². The molecule has 6 N–H and O–H groups in total. The maximum absolute atomic E-state index is 13.5. The summed E-state index contributed by atoms with van der Waals surface area (Å²) >= 11 is 0. The first-order chi connectivity index (χ1) is 25.5. The summed E-state index contributed by atoms with van der Waals surface area (Å²) < 4.78 is 48.1. The highest BCUT2D eigenvalue weighted by Gasteiger charge is 2.38. The predicted octanol–water partition coefficient (Wildman–Crippen LogP) is 3.68. The van der Waals surface area contributed by atoms with Crippen molar-refractivity contribution in [3.05, 3.63) is 102 Å². The number of aliphatic carboxylic acids is 1. The molecule has 0 aliphatic carbocycles. The molecule has 0 saturated carbocycles. The van der Waals surface area contributed by atoms with E-state index in [4.69, 9.17) is 29.8 Å². The summed E-state index contributed by atoms with van der Waals surface area (Å²) in [5.41, 5.74) is 8.82. The Balaban J connectivity index is 0.00000131. The van der Waals surface area contributed by atoms with Crippen molar-refractivity contribution in [2.45, 2.75) is 77.2 Å². The zero-order chi connectivity index (χ0) is 40.3. The van der Waals surface area contributed by atoms with E-state index in [0.717, 1.165) is 16.7 Å². The topological polar surface area (TPSA) is 195 Å². The monoisotopic (exact) mass is 760 g/mol. The molecule has 3 aromatic rings. The van der Waals surface area contributed by atoms with Gasteiger partial charge >= 0.3 is 18.1 Å². The standard InChI is InChI=1S/C36H46N4O7.C2HF3O2/c1-24(2)19-32(36(44)45-4)40-33(41)25(3)38-35(43)31(39-34(42)30(37)23-46-21-27-11-7-5-8-12-27)20-26-15-17-29(18-16-26)47-22-28-13-9-6-10-14-28;3-2(4,5)1(6)7/h5-18,24-25,30-32H,19-23,37H2,1-4H3,(H,38,43)(H,39,42)(H,40,41);(H,6,7)/t25-,30+,31+,32+;/m1./s1. The molecule has 3 rings (SSSR count). The summed E-state index contributed by atoms with van der Waals surface area (Å²) in [5.74, 6) is -4.32. The maximum atomic E-state index is 13.5. The van der Waals surface area contributed by atoms with Gasteiger partial charge in [0.2, 0.25) is 17.7 Å². The molecular weight excluding hydrogens is 713 g/mol. The van der Waals surface area contributed by atoms with Crippen molar-refractivity contribution < 1.29 is 56.5 Å². The summed E-state index contributed by atoms with van der Waals surface area (Å²) in [6.45, 7) is 5.95. The number of amides is 3. The lowest BCUT2D eigenvalue weighted by atomic mass is 10.0. The average molecular weight is 761 g/mol. The minimum atomic E-state index is -5.08. The van der Waals surface area contributed by atoms with Gasteiger partial charge in [0.25, 0.3) is 0 Å². The predicted molar refractivity (Wildman–Crippen MR) is 192 cm³/mol. The fourth-order valence-electron chi connectivity index (χ4n) is 4.64. The van der Waals surface area contributed by atoms with Crippen LogP contribution in [0.5, 0.6) is 5.75 Å². The average Bonchev–Trinajstić information content (AvgIpc) is 3.14. The van der Waals surface area contributed by atoms with Crippen LogP contribution in [0.3, 0.4) is 0 Å². The van der Waals surface area contributed by atoms with E-state index in [9.17, 15) is 32.3 Å². The largest absolute Gasteiger partial charge is 0.490 e. The number of benzene rings is 3. The van der Waals surface area contributed by atoms with Gasteiger partial charge in [-0.1, -0.05) is 86.6 Å². The van der Waals surface area contributed by atoms with Crippen LogP contribution in [0.1, 0.15) is 43.9 Å². The quantitative estimate of drug-likeness (QED) is 0.119. The lowest BCUT2D eigenvalue weighted by Crippen LogP contribution is -2.57. The number of ether oxygens (including phenoxy) is 3. The lowest BCUT2D eigenvalue weighted by molar-refractivity contribution is -0.192. The van der Waals surface area contributed by atoms with E-state index in [2.05, 4.69) is 16.0 Å². The summed E-state index contributed by atoms with van der Waals surface area (Å²) in [4.78, 5) is 60.7. The highest BCUT2D eigenvalue weighted by atomic mass is 19.4. The molecule has 3 aromatic carbocycles. The number of nitrogens with one attached hydrogen (secondary N) is 3. The zero-order valence-electron chi connectivity index (χ0n) is 30.4. The normalized spacial score (nSPS) is 13.2. The molecule has 0 saturated heterocycles. The van der Waals surface area contributed by atoms with Gasteiger partial charge in [-0.2, -0.15) is 13.2 Å². The number of hydrogen-bond donors (Lipinski definition) is 5. The van der Waals surface area contributed by atoms with Crippen molar-refractivity contribution in [2.24, 2.45) is 11.7 Å². The Kier molecular flexibility index (Phi) is 18.7. The molecule has 0 unspecified atom stereocenters. The van der Waals surface area contributed by atoms with E-state index in [1.165, 1.54) is 14.0 Å². The van der Waals surface area contributed by atoms with E-state index in [1.807, 2.05) is 74.5 Å². The van der Waals surface area contributed by atoms with Crippen molar-refractivity contribution in [2.75, 3.05) is 13.7 Å². The minimum Gasteiger partial charge on any atom is -0.489 e. The second kappa shape index (κ2) is 22.6. The van der Waals surface area contributed by atoms with Gasteiger partial charge in [-0.25, -0.2) is 9.59 Å². The van der Waals surface area contributed by atoms with Gasteiger partial charge in [-0.05, 0) is 48.1 Å². The Morgan fingerprint density at radius 1 is 0.722 bits per heavy atom. The number of esters is 1. The number of carbonyl (C=O) groups is 5. The van der Waals surface area contributed by atoms with Crippen LogP contribution in [0.4, 0.5) is 13.2 Å². The van der Waals surface area contributed by atoms with E-state index in [0.29, 0.717) is 18.8 Å². The molecule has 0 radical (unpaired) electrons. The third-order valence-corrected chi connectivity index (χ3v) is 7.49. The number of carbonyl (C=O) groups excluding carboxylic acids is 4. The summed E-state index contributed by atoms with van der Waals surface area (Å²) in [6, 6.07) is 22.4. The zero-order valence-corrected chi connectivity index (χ0v) is 30.4. The van der Waals surface area contributed by atoms with Crippen LogP contribution in [0.2, 0.25) is 0 Å². The van der Waals surface area contributed by atoms with Crippen LogP contribution in [-0.2, 0) is 53.1 Å². The first-order valence-electron chi connectivity index (χ1n) is 16.9. The number of rotatable bonds is 18. The Morgan fingerprint density at radius 3 is 1.74 bits per heavy atom. The minimum absolute atomic E-state index is 0.0634. The molecule has 294 valence electrons. The van der Waals surface area contributed by atoms with E-state index >= 15 is 0 Å². The molecule has 0 aliphatic heterocycles. The van der Waals surface area contributed by atoms with Crippen molar-refractivity contribution in [3.63, 3.8) is 0 Å². The second-order valence-electron chi connectivity index (χ2n) is 12.5. The molecule has 0 heterocycles. The van der Waals surface area contributed by atoms with E-state index < -0.39 is 60.0 Å². The van der Waals surface area contributed by atoms with Crippen molar-refractivity contribution in [3.8, 4) is 5.75 Å². The molecule has 3 amide bonds. The number of carboxylic acid groups (broad SMARTS) is 1. The molecule has 0 aliphatic rings. The van der Waals surface area contributed by atoms with Crippen LogP contribution in [0, 0.1) is 5.92 Å². The van der Waals surface area contributed by atoms with Crippen LogP contribution < -0.4 is 26.4 Å². The second-order valence-corrected chi connectivity index (χ2v) is 12.5. The van der Waals surface area contributed by atoms with Gasteiger partial charge in [0.15, 0.2) is 0 Å². The van der Waals surface area contributed by atoms with Crippen LogP contribution in [0.15, 0.2) is 84.9 Å². The van der Waals surface area contributed by atoms with Gasteiger partial charge in [-0.3, -0.25) is 14.4 Å². The molecule has 16 heteroatoms. The SMILES string of the molecule is COC(=O)[C@H](CC(C)C)NC(=O)[C@@H](C)NC(=O)[C@H](Cc1ccc(OCc2ccccc2)cc1)NC(=O)[C@@H](N)COCc1ccccc1.O=C(O)C(F)(F)F. The first kappa shape index (κ1) is 44.7. The van der Waals surface area contributed by atoms with Crippen molar-refractivity contribution >= 4 is 29.7 Å². The van der Waals surface area contributed by atoms with Gasteiger partial charge in [-0.15, -0.1) is 0 Å². The third-order valence-electron chi connectivity index (χ3n) is 7.49. The van der Waals surface area contributed by atoms with E-state index in [-0.39, 0.29) is 25.6 Å². The highest BCUT2D eigenvalue weighted by molar-refractivity contribution is 5.94. The fraction of sp³-hybridized carbons (Fsp3) is 0.395. The van der Waals surface area contributed by atoms with Crippen LogP contribution in [-0.4, -0.2) is 78.8 Å². The van der Waals surface area contributed by atoms with Crippen LogP contribution >= 0.6 is 0 Å². The Hall–Kier alpha value is -5.48. The third kappa shape index (κ3) is 16.9. The summed E-state index contributed by atoms with van der Waals surface area (Å²) in [6.07, 6.45) is -4.60. The molecule has 13 nitrogen and oxygen atoms in total. The van der Waals surface area contributed by atoms with Crippen molar-refractivity contribution in [1.82, 2.24) is 16.0 Å². The number of hydrogen-bond acceptors (Lipinski definition) is 9. The molecule has 4 atom stereocenters. The van der Waals surface area contributed by atoms with Gasteiger partial charge in [0.05, 0.1) is 20.3 Å². The van der Waals surface area contributed by atoms with Crippen molar-refractivity contribution in [1.29, 1.82) is 0 Å². The molecule has 0 fully saturated rings. The maximum Gasteiger partial charge on any atom is 0.490 e. The Bertz CT molecular complexity index is 1630. The van der Waals surface area contributed by atoms with Gasteiger partial charge in [0.1, 0.15) is 36.5 Å². The van der Waals surface area contributed by atoms with Crippen LogP contribution in [0.25, 0.3) is 0 Å². The summed E-state index contributed by atoms with van der Waals surface area (Å²) in [5, 5.41) is 15.2. The molecule has 0 aromatic heterocycles. The molecule has 0 bridgehead atoms. The molecule has 54 heavy (non-hydrogen) atoms. The first-order valence-corrected chi connectivity index (χ1v) is 16.9. The molecule has 0 spiro atoms. The fourth-order valence-corrected chi connectivity index (χ4v) is 4.64. The number of carboxylic acids is 1. The van der Waals surface area contributed by atoms with Gasteiger partial charge in [0, 0.05) is 6.42 Å². The smallest absolute Gasteiger partial charge is 0.489 e. The number of nitrogens with two attached hydrogens (primary N) is 1. The number of alkyl halides is 3.